The van der Waals surface area contributed by atoms with Gasteiger partial charge < -0.3 is 10.6 Å². The molecule has 100 valence electrons. The lowest BCUT2D eigenvalue weighted by Crippen LogP contribution is -2.44. The highest BCUT2D eigenvalue weighted by atomic mass is 32.1. The lowest BCUT2D eigenvalue weighted by molar-refractivity contribution is 0.356. The van der Waals surface area contributed by atoms with Crippen LogP contribution in [0.4, 0.5) is 5.69 Å². The summed E-state index contributed by atoms with van der Waals surface area (Å²) in [5.41, 5.74) is 2.27. The molecule has 0 aliphatic heterocycles. The number of thiocarbonyl (C=S) groups is 1. The van der Waals surface area contributed by atoms with E-state index in [0.29, 0.717) is 23.0 Å². The van der Waals surface area contributed by atoms with Crippen molar-refractivity contribution in [3.8, 4) is 0 Å². The predicted molar refractivity (Wildman–Crippen MR) is 84.0 cm³/mol. The van der Waals surface area contributed by atoms with Crippen molar-refractivity contribution < 1.29 is 0 Å². The Hall–Kier alpha value is -1.09. The van der Waals surface area contributed by atoms with E-state index >= 15 is 0 Å². The Kier molecular flexibility index (Phi) is 5.60. The van der Waals surface area contributed by atoms with Gasteiger partial charge in [-0.1, -0.05) is 39.8 Å². The molecule has 0 aromatic heterocycles. The van der Waals surface area contributed by atoms with E-state index in [2.05, 4.69) is 57.4 Å². The van der Waals surface area contributed by atoms with Gasteiger partial charge in [0.1, 0.15) is 0 Å². The molecular formula is C15H24N2S. The summed E-state index contributed by atoms with van der Waals surface area (Å²) in [4.78, 5) is 0. The SMILES string of the molecule is Cc1cccc(NC(=S)NC(C(C)C)C(C)C)c1. The van der Waals surface area contributed by atoms with Gasteiger partial charge in [0.2, 0.25) is 0 Å². The molecule has 0 spiro atoms. The molecule has 0 bridgehead atoms. The Morgan fingerprint density at radius 1 is 1.11 bits per heavy atom. The van der Waals surface area contributed by atoms with Crippen molar-refractivity contribution in [1.29, 1.82) is 0 Å². The van der Waals surface area contributed by atoms with Crippen LogP contribution in [0.3, 0.4) is 0 Å². The first-order valence-electron chi connectivity index (χ1n) is 6.54. The zero-order chi connectivity index (χ0) is 13.7. The smallest absolute Gasteiger partial charge is 0.171 e. The first-order valence-corrected chi connectivity index (χ1v) is 6.95. The van der Waals surface area contributed by atoms with Crippen LogP contribution in [0, 0.1) is 18.8 Å². The summed E-state index contributed by atoms with van der Waals surface area (Å²) < 4.78 is 0. The van der Waals surface area contributed by atoms with Crippen LogP contribution in [-0.4, -0.2) is 11.2 Å². The van der Waals surface area contributed by atoms with Crippen molar-refractivity contribution in [2.75, 3.05) is 5.32 Å². The highest BCUT2D eigenvalue weighted by Crippen LogP contribution is 2.13. The van der Waals surface area contributed by atoms with E-state index in [1.165, 1.54) is 5.56 Å². The topological polar surface area (TPSA) is 24.1 Å². The van der Waals surface area contributed by atoms with Crippen LogP contribution in [0.2, 0.25) is 0 Å². The molecule has 0 unspecified atom stereocenters. The Morgan fingerprint density at radius 2 is 1.72 bits per heavy atom. The molecule has 3 heteroatoms. The fourth-order valence-corrected chi connectivity index (χ4v) is 2.40. The molecule has 0 heterocycles. The normalized spacial score (nSPS) is 11.1. The van der Waals surface area contributed by atoms with Crippen molar-refractivity contribution in [2.45, 2.75) is 40.7 Å². The van der Waals surface area contributed by atoms with Gasteiger partial charge in [0.05, 0.1) is 0 Å². The van der Waals surface area contributed by atoms with E-state index in [9.17, 15) is 0 Å². The molecule has 0 aliphatic carbocycles. The maximum Gasteiger partial charge on any atom is 0.171 e. The number of benzene rings is 1. The summed E-state index contributed by atoms with van der Waals surface area (Å²) in [6.07, 6.45) is 0. The molecular weight excluding hydrogens is 240 g/mol. The van der Waals surface area contributed by atoms with Gasteiger partial charge in [-0.2, -0.15) is 0 Å². The van der Waals surface area contributed by atoms with E-state index in [1.807, 2.05) is 12.1 Å². The maximum absolute atomic E-state index is 5.37. The molecule has 0 radical (unpaired) electrons. The third-order valence-electron chi connectivity index (χ3n) is 3.01. The number of aryl methyl sites for hydroxylation is 1. The average Bonchev–Trinajstić information content (AvgIpc) is 2.25. The first kappa shape index (κ1) is 15.0. The largest absolute Gasteiger partial charge is 0.359 e. The third-order valence-corrected chi connectivity index (χ3v) is 3.23. The van der Waals surface area contributed by atoms with Crippen molar-refractivity contribution in [3.63, 3.8) is 0 Å². The van der Waals surface area contributed by atoms with Crippen LogP contribution in [0.1, 0.15) is 33.3 Å². The molecule has 0 amide bonds. The zero-order valence-electron chi connectivity index (χ0n) is 11.9. The molecule has 1 rings (SSSR count). The van der Waals surface area contributed by atoms with E-state index in [1.54, 1.807) is 0 Å². The molecule has 0 fully saturated rings. The summed E-state index contributed by atoms with van der Waals surface area (Å²) in [5, 5.41) is 7.35. The molecule has 0 aliphatic rings. The number of hydrogen-bond donors (Lipinski definition) is 2. The van der Waals surface area contributed by atoms with Crippen LogP contribution in [-0.2, 0) is 0 Å². The Morgan fingerprint density at radius 3 is 2.22 bits per heavy atom. The predicted octanol–water partition coefficient (Wildman–Crippen LogP) is 3.96. The average molecular weight is 264 g/mol. The van der Waals surface area contributed by atoms with E-state index in [4.69, 9.17) is 12.2 Å². The second-order valence-corrected chi connectivity index (χ2v) is 5.89. The number of rotatable bonds is 4. The van der Waals surface area contributed by atoms with Gasteiger partial charge in [0.25, 0.3) is 0 Å². The molecule has 2 nitrogen and oxygen atoms in total. The zero-order valence-corrected chi connectivity index (χ0v) is 12.8. The monoisotopic (exact) mass is 264 g/mol. The Labute approximate surface area is 116 Å². The molecule has 1 aromatic rings. The highest BCUT2D eigenvalue weighted by Gasteiger charge is 2.17. The highest BCUT2D eigenvalue weighted by molar-refractivity contribution is 7.80. The maximum atomic E-state index is 5.37. The van der Waals surface area contributed by atoms with Gasteiger partial charge in [-0.25, -0.2) is 0 Å². The molecule has 1 aromatic carbocycles. The van der Waals surface area contributed by atoms with Gasteiger partial charge in [0.15, 0.2) is 5.11 Å². The summed E-state index contributed by atoms with van der Waals surface area (Å²) in [7, 11) is 0. The summed E-state index contributed by atoms with van der Waals surface area (Å²) in [6.45, 7) is 10.9. The van der Waals surface area contributed by atoms with Gasteiger partial charge in [-0.3, -0.25) is 0 Å². The van der Waals surface area contributed by atoms with Gasteiger partial charge >= 0.3 is 0 Å². The minimum absolute atomic E-state index is 0.398. The second kappa shape index (κ2) is 6.74. The van der Waals surface area contributed by atoms with E-state index in [0.717, 1.165) is 5.69 Å². The fraction of sp³-hybridized carbons (Fsp3) is 0.533. The molecule has 18 heavy (non-hydrogen) atoms. The van der Waals surface area contributed by atoms with Crippen LogP contribution in [0.15, 0.2) is 24.3 Å². The lowest BCUT2D eigenvalue weighted by atomic mass is 9.93. The first-order chi connectivity index (χ1) is 8.40. The van der Waals surface area contributed by atoms with Crippen molar-refractivity contribution in [2.24, 2.45) is 11.8 Å². The standard InChI is InChI=1S/C15H24N2S/c1-10(2)14(11(3)4)17-15(18)16-13-8-6-7-12(5)9-13/h6-11,14H,1-5H3,(H2,16,17,18). The van der Waals surface area contributed by atoms with Crippen molar-refractivity contribution >= 4 is 23.0 Å². The van der Waals surface area contributed by atoms with Crippen LogP contribution < -0.4 is 10.6 Å². The Bertz CT molecular complexity index is 391. The fourth-order valence-electron chi connectivity index (χ4n) is 2.14. The van der Waals surface area contributed by atoms with Crippen molar-refractivity contribution in [3.05, 3.63) is 29.8 Å². The molecule has 0 saturated carbocycles. The van der Waals surface area contributed by atoms with Crippen LogP contribution in [0.5, 0.6) is 0 Å². The Balaban J connectivity index is 2.61. The summed E-state index contributed by atoms with van der Waals surface area (Å²) >= 11 is 5.37. The van der Waals surface area contributed by atoms with E-state index < -0.39 is 0 Å². The van der Waals surface area contributed by atoms with Crippen LogP contribution in [0.25, 0.3) is 0 Å². The quantitative estimate of drug-likeness (QED) is 0.805. The van der Waals surface area contributed by atoms with Gasteiger partial charge in [-0.05, 0) is 48.7 Å². The summed E-state index contributed by atoms with van der Waals surface area (Å²) in [6, 6.07) is 8.62. The van der Waals surface area contributed by atoms with Gasteiger partial charge in [0, 0.05) is 11.7 Å². The van der Waals surface area contributed by atoms with E-state index in [-0.39, 0.29) is 0 Å². The number of anilines is 1. The molecule has 2 N–H and O–H groups in total. The lowest BCUT2D eigenvalue weighted by Gasteiger charge is -2.27. The second-order valence-electron chi connectivity index (χ2n) is 5.48. The van der Waals surface area contributed by atoms with Crippen molar-refractivity contribution in [1.82, 2.24) is 5.32 Å². The van der Waals surface area contributed by atoms with Crippen LogP contribution >= 0.6 is 12.2 Å². The number of nitrogens with one attached hydrogen (secondary N) is 2. The molecule has 0 atom stereocenters. The minimum atomic E-state index is 0.398. The molecule has 0 saturated heterocycles. The minimum Gasteiger partial charge on any atom is -0.359 e. The number of hydrogen-bond acceptors (Lipinski definition) is 1. The third kappa shape index (κ3) is 4.65. The van der Waals surface area contributed by atoms with Gasteiger partial charge in [-0.15, -0.1) is 0 Å². The summed E-state index contributed by atoms with van der Waals surface area (Å²) in [5.74, 6) is 1.12.